The molecular formula is C28H49N3O. The number of hydrogen-bond acceptors (Lipinski definition) is 4. The zero-order valence-corrected chi connectivity index (χ0v) is 22.0. The lowest BCUT2D eigenvalue weighted by Gasteiger charge is -2.20. The van der Waals surface area contributed by atoms with E-state index in [0.29, 0.717) is 12.0 Å². The van der Waals surface area contributed by atoms with Crippen molar-refractivity contribution in [1.82, 2.24) is 15.5 Å². The van der Waals surface area contributed by atoms with Gasteiger partial charge in [0.25, 0.3) is 0 Å². The summed E-state index contributed by atoms with van der Waals surface area (Å²) in [5.41, 5.74) is 3.58. The highest BCUT2D eigenvalue weighted by atomic mass is 16.5. The van der Waals surface area contributed by atoms with Crippen LogP contribution in [-0.4, -0.2) is 24.1 Å². The number of nitrogens with zero attached hydrogens (tertiary/aromatic N) is 1. The molecule has 0 radical (unpaired) electrons. The molecule has 0 aliphatic carbocycles. The molecule has 0 spiro atoms. The smallest absolute Gasteiger partial charge is 0.119 e. The molecule has 4 heteroatoms. The Balaban J connectivity index is 0.000000739. The van der Waals surface area contributed by atoms with E-state index in [2.05, 4.69) is 68.5 Å². The van der Waals surface area contributed by atoms with Gasteiger partial charge in [-0.1, -0.05) is 52.0 Å². The molecule has 1 aromatic carbocycles. The van der Waals surface area contributed by atoms with E-state index >= 15 is 0 Å². The van der Waals surface area contributed by atoms with Gasteiger partial charge in [-0.05, 0) is 77.3 Å². The van der Waals surface area contributed by atoms with Gasteiger partial charge in [-0.25, -0.2) is 0 Å². The van der Waals surface area contributed by atoms with Crippen molar-refractivity contribution in [3.05, 3.63) is 66.8 Å². The van der Waals surface area contributed by atoms with Crippen molar-refractivity contribution in [1.29, 1.82) is 0 Å². The van der Waals surface area contributed by atoms with Gasteiger partial charge in [0.15, 0.2) is 0 Å². The molecule has 4 nitrogen and oxygen atoms in total. The predicted molar refractivity (Wildman–Crippen MR) is 141 cm³/mol. The van der Waals surface area contributed by atoms with Gasteiger partial charge in [-0.3, -0.25) is 0 Å². The third-order valence-electron chi connectivity index (χ3n) is 5.13. The lowest BCUT2D eigenvalue weighted by atomic mass is 9.95. The molecule has 0 fully saturated rings. The van der Waals surface area contributed by atoms with Crippen molar-refractivity contribution < 1.29 is 4.74 Å². The minimum Gasteiger partial charge on any atom is -0.491 e. The molecule has 0 saturated carbocycles. The first-order valence-corrected chi connectivity index (χ1v) is 12.1. The van der Waals surface area contributed by atoms with E-state index in [4.69, 9.17) is 4.74 Å². The highest BCUT2D eigenvalue weighted by Crippen LogP contribution is 2.20. The number of benzene rings is 1. The van der Waals surface area contributed by atoms with Crippen LogP contribution >= 0.6 is 0 Å². The summed E-state index contributed by atoms with van der Waals surface area (Å²) in [5.74, 6) is 1.53. The summed E-state index contributed by atoms with van der Waals surface area (Å²) in [4.78, 5) is 2.06. The Kier molecular flexibility index (Phi) is 16.0. The van der Waals surface area contributed by atoms with Crippen LogP contribution in [0.1, 0.15) is 79.7 Å². The van der Waals surface area contributed by atoms with Crippen LogP contribution in [0.4, 0.5) is 0 Å². The van der Waals surface area contributed by atoms with E-state index in [0.717, 1.165) is 18.0 Å². The van der Waals surface area contributed by atoms with Gasteiger partial charge in [0.2, 0.25) is 0 Å². The molecular weight excluding hydrogens is 394 g/mol. The second kappa shape index (κ2) is 17.2. The zero-order chi connectivity index (χ0) is 24.5. The fourth-order valence-corrected chi connectivity index (χ4v) is 3.21. The second-order valence-corrected chi connectivity index (χ2v) is 8.75. The van der Waals surface area contributed by atoms with Crippen molar-refractivity contribution in [2.45, 2.75) is 92.8 Å². The van der Waals surface area contributed by atoms with Crippen molar-refractivity contribution in [3.63, 3.8) is 0 Å². The molecule has 0 atom stereocenters. The van der Waals surface area contributed by atoms with E-state index in [-0.39, 0.29) is 6.10 Å². The molecule has 1 aromatic rings. The second-order valence-electron chi connectivity index (χ2n) is 8.75. The Labute approximate surface area is 198 Å². The van der Waals surface area contributed by atoms with E-state index < -0.39 is 0 Å². The Morgan fingerprint density at radius 3 is 2.03 bits per heavy atom. The van der Waals surface area contributed by atoms with Crippen LogP contribution in [0.15, 0.2) is 61.2 Å². The fourth-order valence-electron chi connectivity index (χ4n) is 3.21. The van der Waals surface area contributed by atoms with Gasteiger partial charge in [-0.15, -0.1) is 0 Å². The number of nitrogens with one attached hydrogen (secondary N) is 2. The van der Waals surface area contributed by atoms with Gasteiger partial charge in [0.1, 0.15) is 5.75 Å². The van der Waals surface area contributed by atoms with Crippen molar-refractivity contribution in [2.75, 3.05) is 7.05 Å². The molecule has 182 valence electrons. The number of allylic oxidation sites excluding steroid dienone is 2. The number of rotatable bonds is 14. The Bertz CT molecular complexity index is 656. The molecule has 0 heterocycles. The van der Waals surface area contributed by atoms with E-state index in [1.165, 1.54) is 36.9 Å². The first-order chi connectivity index (χ1) is 15.2. The van der Waals surface area contributed by atoms with Crippen molar-refractivity contribution in [2.24, 2.45) is 5.92 Å². The zero-order valence-electron chi connectivity index (χ0n) is 22.0. The standard InChI is InChI=1S/C19H31NO.C9H18N2/c1-6-8-18(9-7-2)16(5)20-14-17-10-12-19(13-11-17)21-15(3)4;1-6-11(8(2)3)7-9(4)10-5/h10-13,15,18,20H,5-9,14H2,1-4H3;6-8,10H,1H2,2-5H3/b;9-7+. The van der Waals surface area contributed by atoms with Gasteiger partial charge in [0.05, 0.1) is 6.10 Å². The van der Waals surface area contributed by atoms with Crippen molar-refractivity contribution in [3.8, 4) is 5.75 Å². The molecule has 0 saturated heterocycles. The van der Waals surface area contributed by atoms with E-state index in [1.807, 2.05) is 52.4 Å². The molecule has 0 amide bonds. The summed E-state index contributed by atoms with van der Waals surface area (Å²) in [7, 11) is 1.91. The average Bonchev–Trinajstić information content (AvgIpc) is 2.76. The van der Waals surface area contributed by atoms with Crippen LogP contribution in [0.2, 0.25) is 0 Å². The van der Waals surface area contributed by atoms with Crippen LogP contribution in [0, 0.1) is 5.92 Å². The maximum Gasteiger partial charge on any atom is 0.119 e. The Morgan fingerprint density at radius 2 is 1.62 bits per heavy atom. The third-order valence-corrected chi connectivity index (χ3v) is 5.13. The topological polar surface area (TPSA) is 36.5 Å². The van der Waals surface area contributed by atoms with Crippen LogP contribution < -0.4 is 15.4 Å². The summed E-state index contributed by atoms with van der Waals surface area (Å²) in [5, 5.41) is 6.55. The normalized spacial score (nSPS) is 11.2. The highest BCUT2D eigenvalue weighted by Gasteiger charge is 2.10. The summed E-state index contributed by atoms with van der Waals surface area (Å²) in [6.45, 7) is 23.6. The summed E-state index contributed by atoms with van der Waals surface area (Å²) >= 11 is 0. The molecule has 0 unspecified atom stereocenters. The predicted octanol–water partition coefficient (Wildman–Crippen LogP) is 7.21. The average molecular weight is 444 g/mol. The highest BCUT2D eigenvalue weighted by molar-refractivity contribution is 5.27. The van der Waals surface area contributed by atoms with Crippen LogP contribution in [-0.2, 0) is 6.54 Å². The molecule has 32 heavy (non-hydrogen) atoms. The van der Waals surface area contributed by atoms with Gasteiger partial charge < -0.3 is 20.3 Å². The van der Waals surface area contributed by atoms with E-state index in [1.54, 1.807) is 0 Å². The first kappa shape index (κ1) is 29.6. The maximum atomic E-state index is 5.66. The van der Waals surface area contributed by atoms with Crippen LogP contribution in [0.3, 0.4) is 0 Å². The Morgan fingerprint density at radius 1 is 1.06 bits per heavy atom. The summed E-state index contributed by atoms with van der Waals surface area (Å²) < 4.78 is 5.66. The minimum atomic E-state index is 0.220. The number of hydrogen-bond donors (Lipinski definition) is 2. The summed E-state index contributed by atoms with van der Waals surface area (Å²) in [6, 6.07) is 8.78. The third kappa shape index (κ3) is 13.1. The summed E-state index contributed by atoms with van der Waals surface area (Å²) in [6.07, 6.45) is 8.96. The minimum absolute atomic E-state index is 0.220. The maximum absolute atomic E-state index is 5.66. The van der Waals surface area contributed by atoms with Gasteiger partial charge in [-0.2, -0.15) is 0 Å². The molecule has 2 N–H and O–H groups in total. The molecule has 0 aromatic heterocycles. The molecule has 1 rings (SSSR count). The quantitative estimate of drug-likeness (QED) is 0.318. The molecule has 0 bridgehead atoms. The van der Waals surface area contributed by atoms with Crippen molar-refractivity contribution >= 4 is 0 Å². The van der Waals surface area contributed by atoms with Gasteiger partial charge >= 0.3 is 0 Å². The number of ether oxygens (including phenoxy) is 1. The molecule has 0 aliphatic heterocycles. The lowest BCUT2D eigenvalue weighted by Crippen LogP contribution is -2.20. The lowest BCUT2D eigenvalue weighted by molar-refractivity contribution is 0.242. The van der Waals surface area contributed by atoms with Crippen LogP contribution in [0.5, 0.6) is 5.75 Å². The largest absolute Gasteiger partial charge is 0.491 e. The van der Waals surface area contributed by atoms with E-state index in [9.17, 15) is 0 Å². The SMILES string of the molecule is C=C(NCc1ccc(OC(C)C)cc1)C(CCC)CCC.C=CN(/C=C(\C)NC)C(C)C. The monoisotopic (exact) mass is 443 g/mol. The van der Waals surface area contributed by atoms with Crippen LogP contribution in [0.25, 0.3) is 0 Å². The Hall–Kier alpha value is -2.36. The molecule has 0 aliphatic rings. The fraction of sp³-hybridized carbons (Fsp3) is 0.571. The first-order valence-electron chi connectivity index (χ1n) is 12.1. The van der Waals surface area contributed by atoms with Gasteiger partial charge in [0, 0.05) is 37.2 Å².